The molecular formula is C16H23BrO. The topological polar surface area (TPSA) is 9.23 Å². The summed E-state index contributed by atoms with van der Waals surface area (Å²) in [5.41, 5.74) is 3.02. The normalized spacial score (nSPS) is 23.4. The van der Waals surface area contributed by atoms with Crippen molar-refractivity contribution in [1.29, 1.82) is 0 Å². The molecule has 0 fully saturated rings. The number of fused-ring (bicyclic) bond motifs is 1. The fourth-order valence-corrected chi connectivity index (χ4v) is 3.73. The first-order chi connectivity index (χ1) is 8.83. The molecule has 2 atom stereocenters. The molecule has 1 aromatic rings. The number of hydrogen-bond acceptors (Lipinski definition) is 1. The highest BCUT2D eigenvalue weighted by molar-refractivity contribution is 9.09. The molecular weight excluding hydrogens is 288 g/mol. The lowest BCUT2D eigenvalue weighted by Crippen LogP contribution is -2.10. The van der Waals surface area contributed by atoms with Crippen molar-refractivity contribution in [2.75, 3.05) is 13.2 Å². The number of ether oxygens (including phenoxy) is 1. The molecule has 0 aromatic heterocycles. The summed E-state index contributed by atoms with van der Waals surface area (Å²) < 4.78 is 5.64. The van der Waals surface area contributed by atoms with Crippen molar-refractivity contribution in [3.8, 4) is 0 Å². The van der Waals surface area contributed by atoms with Crippen molar-refractivity contribution in [3.63, 3.8) is 0 Å². The van der Waals surface area contributed by atoms with Crippen LogP contribution in [0, 0.1) is 5.92 Å². The van der Waals surface area contributed by atoms with Gasteiger partial charge in [0, 0.05) is 18.0 Å². The Morgan fingerprint density at radius 2 is 2.11 bits per heavy atom. The smallest absolute Gasteiger partial charge is 0.0469 e. The lowest BCUT2D eigenvalue weighted by atomic mass is 9.94. The van der Waals surface area contributed by atoms with Crippen LogP contribution in [0.5, 0.6) is 0 Å². The van der Waals surface area contributed by atoms with E-state index in [1.807, 2.05) is 0 Å². The summed E-state index contributed by atoms with van der Waals surface area (Å²) in [6.07, 6.45) is 6.12. The number of alkyl halides is 1. The van der Waals surface area contributed by atoms with Crippen LogP contribution in [0.1, 0.15) is 48.6 Å². The molecule has 1 aromatic carbocycles. The SMILES string of the molecule is CCCOCCC1CCCc2ccccc2C1Br. The highest BCUT2D eigenvalue weighted by atomic mass is 79.9. The van der Waals surface area contributed by atoms with E-state index in [2.05, 4.69) is 47.1 Å². The zero-order valence-corrected chi connectivity index (χ0v) is 12.8. The molecule has 0 N–H and O–H groups in total. The van der Waals surface area contributed by atoms with E-state index in [0.29, 0.717) is 10.7 Å². The first-order valence-corrected chi connectivity index (χ1v) is 8.04. The molecule has 0 radical (unpaired) electrons. The van der Waals surface area contributed by atoms with Gasteiger partial charge in [0.05, 0.1) is 0 Å². The predicted molar refractivity (Wildman–Crippen MR) is 80.3 cm³/mol. The first kappa shape index (κ1) is 14.1. The first-order valence-electron chi connectivity index (χ1n) is 7.12. The van der Waals surface area contributed by atoms with E-state index in [0.717, 1.165) is 19.6 Å². The summed E-state index contributed by atoms with van der Waals surface area (Å²) in [5.74, 6) is 0.713. The molecule has 0 saturated heterocycles. The molecule has 2 unspecified atom stereocenters. The minimum absolute atomic E-state index is 0.501. The predicted octanol–water partition coefficient (Wildman–Crippen LogP) is 4.89. The van der Waals surface area contributed by atoms with E-state index in [1.165, 1.54) is 36.8 Å². The van der Waals surface area contributed by atoms with Gasteiger partial charge in [0.1, 0.15) is 0 Å². The minimum atomic E-state index is 0.501. The number of rotatable bonds is 5. The molecule has 1 aliphatic rings. The van der Waals surface area contributed by atoms with Crippen molar-refractivity contribution >= 4 is 15.9 Å². The van der Waals surface area contributed by atoms with E-state index in [-0.39, 0.29) is 0 Å². The second-order valence-electron chi connectivity index (χ2n) is 5.15. The summed E-state index contributed by atoms with van der Waals surface area (Å²) in [6, 6.07) is 8.87. The summed E-state index contributed by atoms with van der Waals surface area (Å²) in [5, 5.41) is 0. The highest BCUT2D eigenvalue weighted by Gasteiger charge is 2.25. The van der Waals surface area contributed by atoms with Gasteiger partial charge < -0.3 is 4.74 Å². The molecule has 0 saturated carbocycles. The third kappa shape index (κ3) is 3.58. The molecule has 2 rings (SSSR count). The van der Waals surface area contributed by atoms with E-state index in [4.69, 9.17) is 4.74 Å². The molecule has 0 heterocycles. The third-order valence-electron chi connectivity index (χ3n) is 3.77. The zero-order chi connectivity index (χ0) is 12.8. The number of halogens is 1. The maximum atomic E-state index is 5.64. The average molecular weight is 311 g/mol. The largest absolute Gasteiger partial charge is 0.381 e. The zero-order valence-electron chi connectivity index (χ0n) is 11.2. The van der Waals surface area contributed by atoms with Crippen LogP contribution in [-0.4, -0.2) is 13.2 Å². The molecule has 1 aliphatic carbocycles. The van der Waals surface area contributed by atoms with E-state index < -0.39 is 0 Å². The van der Waals surface area contributed by atoms with Gasteiger partial charge in [0.25, 0.3) is 0 Å². The molecule has 18 heavy (non-hydrogen) atoms. The minimum Gasteiger partial charge on any atom is -0.381 e. The van der Waals surface area contributed by atoms with Crippen LogP contribution < -0.4 is 0 Å². The van der Waals surface area contributed by atoms with Gasteiger partial charge in [-0.3, -0.25) is 0 Å². The van der Waals surface area contributed by atoms with Gasteiger partial charge >= 0.3 is 0 Å². The van der Waals surface area contributed by atoms with E-state index in [1.54, 1.807) is 0 Å². The Morgan fingerprint density at radius 3 is 2.94 bits per heavy atom. The fraction of sp³-hybridized carbons (Fsp3) is 0.625. The van der Waals surface area contributed by atoms with Crippen molar-refractivity contribution in [2.45, 2.75) is 43.9 Å². The van der Waals surface area contributed by atoms with Gasteiger partial charge in [-0.2, -0.15) is 0 Å². The Bertz CT molecular complexity index is 364. The Hall–Kier alpha value is -0.340. The quantitative estimate of drug-likeness (QED) is 0.427. The van der Waals surface area contributed by atoms with E-state index in [9.17, 15) is 0 Å². The second-order valence-corrected chi connectivity index (χ2v) is 6.14. The van der Waals surface area contributed by atoms with Crippen molar-refractivity contribution < 1.29 is 4.74 Å². The molecule has 2 heteroatoms. The standard InChI is InChI=1S/C16H23BrO/c1-2-11-18-12-10-14-8-5-7-13-6-3-4-9-15(13)16(14)17/h3-4,6,9,14,16H,2,5,7-8,10-12H2,1H3. The average Bonchev–Trinajstić information content (AvgIpc) is 2.56. The molecule has 0 aliphatic heterocycles. The van der Waals surface area contributed by atoms with Crippen LogP contribution in [0.3, 0.4) is 0 Å². The second kappa shape index (κ2) is 7.30. The van der Waals surface area contributed by atoms with Crippen molar-refractivity contribution in [1.82, 2.24) is 0 Å². The highest BCUT2D eigenvalue weighted by Crippen LogP contribution is 2.40. The molecule has 0 spiro atoms. The maximum absolute atomic E-state index is 5.64. The third-order valence-corrected chi connectivity index (χ3v) is 5.01. The van der Waals surface area contributed by atoms with Crippen LogP contribution >= 0.6 is 15.9 Å². The lowest BCUT2D eigenvalue weighted by molar-refractivity contribution is 0.119. The lowest BCUT2D eigenvalue weighted by Gasteiger charge is -2.21. The molecule has 100 valence electrons. The van der Waals surface area contributed by atoms with Crippen molar-refractivity contribution in [2.24, 2.45) is 5.92 Å². The summed E-state index contributed by atoms with van der Waals surface area (Å²) in [4.78, 5) is 0.501. The molecule has 0 bridgehead atoms. The van der Waals surface area contributed by atoms with Crippen LogP contribution in [-0.2, 0) is 11.2 Å². The van der Waals surface area contributed by atoms with Crippen molar-refractivity contribution in [3.05, 3.63) is 35.4 Å². The van der Waals surface area contributed by atoms with Gasteiger partial charge in [0.2, 0.25) is 0 Å². The van der Waals surface area contributed by atoms with Gasteiger partial charge in [-0.1, -0.05) is 47.1 Å². The molecule has 0 amide bonds. The van der Waals surface area contributed by atoms with Crippen LogP contribution in [0.15, 0.2) is 24.3 Å². The number of aryl methyl sites for hydroxylation is 1. The summed E-state index contributed by atoms with van der Waals surface area (Å²) in [7, 11) is 0. The van der Waals surface area contributed by atoms with E-state index >= 15 is 0 Å². The van der Waals surface area contributed by atoms with Gasteiger partial charge in [-0.15, -0.1) is 0 Å². The number of benzene rings is 1. The Morgan fingerprint density at radius 1 is 1.28 bits per heavy atom. The Balaban J connectivity index is 1.97. The molecule has 1 nitrogen and oxygen atoms in total. The monoisotopic (exact) mass is 310 g/mol. The summed E-state index contributed by atoms with van der Waals surface area (Å²) in [6.45, 7) is 3.97. The van der Waals surface area contributed by atoms with Gasteiger partial charge in [0.15, 0.2) is 0 Å². The Kier molecular flexibility index (Phi) is 5.71. The Labute approximate surface area is 119 Å². The summed E-state index contributed by atoms with van der Waals surface area (Å²) >= 11 is 3.92. The van der Waals surface area contributed by atoms with Gasteiger partial charge in [-0.25, -0.2) is 0 Å². The maximum Gasteiger partial charge on any atom is 0.0469 e. The van der Waals surface area contributed by atoms with Gasteiger partial charge in [-0.05, 0) is 49.1 Å². The van der Waals surface area contributed by atoms with Crippen LogP contribution in [0.4, 0.5) is 0 Å². The number of hydrogen-bond donors (Lipinski definition) is 0. The van der Waals surface area contributed by atoms with Crippen LogP contribution in [0.2, 0.25) is 0 Å². The fourth-order valence-electron chi connectivity index (χ4n) is 2.76. The van der Waals surface area contributed by atoms with Crippen LogP contribution in [0.25, 0.3) is 0 Å².